The lowest BCUT2D eigenvalue weighted by atomic mass is 9.71. The van der Waals surface area contributed by atoms with Crippen molar-refractivity contribution in [2.24, 2.45) is 0 Å². The predicted molar refractivity (Wildman–Crippen MR) is 76.7 cm³/mol. The maximum absolute atomic E-state index is 14.3. The van der Waals surface area contributed by atoms with Crippen molar-refractivity contribution in [2.45, 2.75) is 70.6 Å². The summed E-state index contributed by atoms with van der Waals surface area (Å²) in [5, 5.41) is 0. The Morgan fingerprint density at radius 3 is 0.558 bits per heavy atom. The second-order valence-corrected chi connectivity index (χ2v) is 8.34. The van der Waals surface area contributed by atoms with Crippen molar-refractivity contribution in [1.82, 2.24) is 0 Å². The summed E-state index contributed by atoms with van der Waals surface area (Å²) in [5.74, 6) is -93.9. The first-order valence-electron chi connectivity index (χ1n) is 9.32. The van der Waals surface area contributed by atoms with E-state index in [1.165, 1.54) is 0 Å². The van der Waals surface area contributed by atoms with E-state index in [0.717, 1.165) is 0 Å². The molecule has 2 saturated carbocycles. The standard InChI is InChI=1S/C16F26O/c17-1(5(21)7(23,24)11(31,32)15(39,40)12(33,34)8(5,25)26)3(19)43-4(20)2(18)6(22)9(27,28)13(35,36)16(41,42)14(37,38)10(6,29)30. The summed E-state index contributed by atoms with van der Waals surface area (Å²) in [6.45, 7) is 0. The smallest absolute Gasteiger partial charge is 0.384 e. The summed E-state index contributed by atoms with van der Waals surface area (Å²) in [7, 11) is 0. The van der Waals surface area contributed by atoms with E-state index in [9.17, 15) is 114 Å². The average molecular weight is 702 g/mol. The van der Waals surface area contributed by atoms with Gasteiger partial charge >= 0.3 is 82.6 Å². The molecule has 0 unspecified atom stereocenters. The van der Waals surface area contributed by atoms with Gasteiger partial charge in [-0.3, -0.25) is 0 Å². The van der Waals surface area contributed by atoms with E-state index in [1.807, 2.05) is 4.74 Å². The van der Waals surface area contributed by atoms with Crippen LogP contribution in [0.4, 0.5) is 114 Å². The molecule has 1 nitrogen and oxygen atoms in total. The highest BCUT2D eigenvalue weighted by molar-refractivity contribution is 5.37. The fourth-order valence-electron chi connectivity index (χ4n) is 3.43. The van der Waals surface area contributed by atoms with Gasteiger partial charge in [-0.25, -0.2) is 17.6 Å². The molecule has 27 heteroatoms. The van der Waals surface area contributed by atoms with Gasteiger partial charge in [0, 0.05) is 0 Å². The van der Waals surface area contributed by atoms with Gasteiger partial charge in [0.1, 0.15) is 0 Å². The lowest BCUT2D eigenvalue weighted by Gasteiger charge is -2.51. The number of hydrogen-bond acceptors (Lipinski definition) is 1. The SMILES string of the molecule is FC(OC(F)=C(F)C1(F)C(F)(F)C(F)(F)C(F)(F)C(F)(F)C1(F)F)=C(F)C1(F)C(F)(F)C(F)(F)C(F)(F)C(F)(F)C1(F)F. The van der Waals surface area contributed by atoms with E-state index in [0.29, 0.717) is 0 Å². The van der Waals surface area contributed by atoms with Crippen LogP contribution in [0.1, 0.15) is 0 Å². The largest absolute Gasteiger partial charge is 0.400 e. The Kier molecular flexibility index (Phi) is 7.32. The quantitative estimate of drug-likeness (QED) is 0.210. The lowest BCUT2D eigenvalue weighted by molar-refractivity contribution is -0.481. The van der Waals surface area contributed by atoms with Crippen LogP contribution in [0.15, 0.2) is 23.7 Å². The van der Waals surface area contributed by atoms with Crippen molar-refractivity contribution in [3.05, 3.63) is 23.7 Å². The molecule has 252 valence electrons. The molecule has 2 rings (SSSR count). The van der Waals surface area contributed by atoms with E-state index in [2.05, 4.69) is 0 Å². The van der Waals surface area contributed by atoms with Gasteiger partial charge in [0.2, 0.25) is 11.7 Å². The van der Waals surface area contributed by atoms with E-state index in [1.54, 1.807) is 0 Å². The Hall–Kier alpha value is -2.54. The van der Waals surface area contributed by atoms with Gasteiger partial charge in [0.05, 0.1) is 0 Å². The summed E-state index contributed by atoms with van der Waals surface area (Å²) < 4.78 is 354. The number of allylic oxidation sites excluding steroid dienone is 2. The van der Waals surface area contributed by atoms with Crippen molar-refractivity contribution in [3.63, 3.8) is 0 Å². The van der Waals surface area contributed by atoms with Crippen LogP contribution in [0.3, 0.4) is 0 Å². The van der Waals surface area contributed by atoms with Crippen LogP contribution in [0.5, 0.6) is 0 Å². The summed E-state index contributed by atoms with van der Waals surface area (Å²) >= 11 is 0. The number of alkyl halides is 22. The van der Waals surface area contributed by atoms with Gasteiger partial charge in [0.25, 0.3) is 0 Å². The molecule has 43 heavy (non-hydrogen) atoms. The molecule has 2 aliphatic rings. The Bertz CT molecular complexity index is 1080. The highest BCUT2D eigenvalue weighted by Crippen LogP contribution is 2.73. The molecular weight excluding hydrogens is 702 g/mol. The third-order valence-electron chi connectivity index (χ3n) is 6.01. The van der Waals surface area contributed by atoms with Gasteiger partial charge < -0.3 is 4.74 Å². The maximum Gasteiger partial charge on any atom is 0.384 e. The second-order valence-electron chi connectivity index (χ2n) is 8.34. The number of halogens is 26. The third-order valence-corrected chi connectivity index (χ3v) is 6.01. The first-order valence-corrected chi connectivity index (χ1v) is 9.32. The molecule has 2 aliphatic carbocycles. The Morgan fingerprint density at radius 2 is 0.395 bits per heavy atom. The molecule has 0 bridgehead atoms. The Labute approximate surface area is 214 Å². The molecule has 0 saturated heterocycles. The molecule has 2 fully saturated rings. The van der Waals surface area contributed by atoms with Crippen molar-refractivity contribution >= 4 is 0 Å². The summed E-state index contributed by atoms with van der Waals surface area (Å²) in [6.07, 6.45) is 0. The minimum absolute atomic E-state index is 1.87. The van der Waals surface area contributed by atoms with Crippen LogP contribution in [0.2, 0.25) is 0 Å². The molecule has 0 aromatic heterocycles. The molecule has 0 aromatic rings. The molecule has 0 radical (unpaired) electrons. The average Bonchev–Trinajstić information content (AvgIpc) is 2.83. The lowest BCUT2D eigenvalue weighted by Crippen LogP contribution is -2.84. The molecule has 0 atom stereocenters. The monoisotopic (exact) mass is 702 g/mol. The Morgan fingerprint density at radius 1 is 0.256 bits per heavy atom. The van der Waals surface area contributed by atoms with Gasteiger partial charge in [0.15, 0.2) is 0 Å². The molecule has 0 aliphatic heterocycles. The van der Waals surface area contributed by atoms with E-state index in [4.69, 9.17) is 0 Å². The highest BCUT2D eigenvalue weighted by atomic mass is 19.4. The van der Waals surface area contributed by atoms with Crippen LogP contribution >= 0.6 is 0 Å². The minimum atomic E-state index is -8.39. The zero-order valence-corrected chi connectivity index (χ0v) is 18.2. The van der Waals surface area contributed by atoms with Crippen LogP contribution < -0.4 is 0 Å². The molecule has 0 N–H and O–H groups in total. The van der Waals surface area contributed by atoms with Crippen LogP contribution in [-0.4, -0.2) is 70.6 Å². The van der Waals surface area contributed by atoms with Crippen LogP contribution in [0, 0.1) is 0 Å². The molecule has 0 aromatic carbocycles. The highest BCUT2D eigenvalue weighted by Gasteiger charge is 3.04. The predicted octanol–water partition coefficient (Wildman–Crippen LogP) is 9.02. The van der Waals surface area contributed by atoms with E-state index in [-0.39, 0.29) is 0 Å². The summed E-state index contributed by atoms with van der Waals surface area (Å²) in [6, 6.07) is -10.3. The first-order chi connectivity index (χ1) is 18.4. The fourth-order valence-corrected chi connectivity index (χ4v) is 3.43. The molecule has 0 spiro atoms. The van der Waals surface area contributed by atoms with Gasteiger partial charge in [-0.05, 0) is 0 Å². The fraction of sp³-hybridized carbons (Fsp3) is 0.750. The van der Waals surface area contributed by atoms with E-state index < -0.39 is 94.2 Å². The Balaban J connectivity index is 2.89. The van der Waals surface area contributed by atoms with Crippen LogP contribution in [-0.2, 0) is 4.74 Å². The summed E-state index contributed by atoms with van der Waals surface area (Å²) in [4.78, 5) is 0. The zero-order valence-electron chi connectivity index (χ0n) is 18.2. The minimum Gasteiger partial charge on any atom is -0.400 e. The topological polar surface area (TPSA) is 9.23 Å². The number of ether oxygens (including phenoxy) is 1. The number of rotatable bonds is 4. The summed E-state index contributed by atoms with van der Waals surface area (Å²) in [5.41, 5.74) is -16.6. The molecule has 0 heterocycles. The van der Waals surface area contributed by atoms with Crippen molar-refractivity contribution in [1.29, 1.82) is 0 Å². The molecular formula is C16F26O. The number of hydrogen-bond donors (Lipinski definition) is 0. The van der Waals surface area contributed by atoms with Crippen molar-refractivity contribution in [2.75, 3.05) is 0 Å². The van der Waals surface area contributed by atoms with Crippen LogP contribution in [0.25, 0.3) is 0 Å². The van der Waals surface area contributed by atoms with Gasteiger partial charge in [-0.2, -0.15) is 96.6 Å². The second kappa shape index (κ2) is 8.58. The molecule has 0 amide bonds. The first kappa shape index (κ1) is 36.7. The third kappa shape index (κ3) is 3.30. The zero-order chi connectivity index (χ0) is 35.0. The van der Waals surface area contributed by atoms with Gasteiger partial charge in [-0.15, -0.1) is 0 Å². The van der Waals surface area contributed by atoms with Gasteiger partial charge in [-0.1, -0.05) is 0 Å². The maximum atomic E-state index is 14.3. The van der Waals surface area contributed by atoms with E-state index >= 15 is 0 Å². The van der Waals surface area contributed by atoms with Crippen molar-refractivity contribution in [3.8, 4) is 0 Å². The van der Waals surface area contributed by atoms with Crippen molar-refractivity contribution < 1.29 is 119 Å². The normalized spacial score (nSPS) is 32.1.